The summed E-state index contributed by atoms with van der Waals surface area (Å²) in [5, 5.41) is 0. The van der Waals surface area contributed by atoms with Gasteiger partial charge in [0.2, 0.25) is 0 Å². The summed E-state index contributed by atoms with van der Waals surface area (Å²) in [6.45, 7) is 5.91. The molecular weight excluding hydrogens is 146 g/mol. The predicted molar refractivity (Wildman–Crippen MR) is 52.1 cm³/mol. The van der Waals surface area contributed by atoms with Gasteiger partial charge in [-0.05, 0) is 30.9 Å². The topological polar surface area (TPSA) is 12.9 Å². The molecule has 12 heavy (non-hydrogen) atoms. The number of rotatable bonds is 4. The van der Waals surface area contributed by atoms with Gasteiger partial charge in [-0.2, -0.15) is 0 Å². The molecule has 0 aliphatic heterocycles. The number of hydrogen-bond donors (Lipinski definition) is 0. The van der Waals surface area contributed by atoms with Crippen molar-refractivity contribution in [2.45, 2.75) is 25.7 Å². The number of pyridine rings is 1. The van der Waals surface area contributed by atoms with Crippen molar-refractivity contribution in [1.29, 1.82) is 0 Å². The lowest BCUT2D eigenvalue weighted by atomic mass is 10.0. The smallest absolute Gasteiger partial charge is 0.0431 e. The van der Waals surface area contributed by atoms with Crippen LogP contribution in [0.4, 0.5) is 0 Å². The van der Waals surface area contributed by atoms with E-state index in [4.69, 9.17) is 0 Å². The van der Waals surface area contributed by atoms with Crippen molar-refractivity contribution in [3.63, 3.8) is 0 Å². The molecule has 0 radical (unpaired) electrons. The van der Waals surface area contributed by atoms with E-state index in [-0.39, 0.29) is 0 Å². The predicted octanol–water partition coefficient (Wildman–Crippen LogP) is 3.15. The Kier molecular flexibility index (Phi) is 3.52. The standard InChI is InChI=1S/C11H15N/c1-3-4-7-10(2)11-8-5-6-9-12-11/h3,5-6,8-10H,1,4,7H2,2H3. The summed E-state index contributed by atoms with van der Waals surface area (Å²) in [6, 6.07) is 6.06. The first-order valence-electron chi connectivity index (χ1n) is 4.36. The number of hydrogen-bond acceptors (Lipinski definition) is 1. The fourth-order valence-corrected chi connectivity index (χ4v) is 1.18. The Balaban J connectivity index is 2.53. The van der Waals surface area contributed by atoms with E-state index in [9.17, 15) is 0 Å². The highest BCUT2D eigenvalue weighted by Gasteiger charge is 2.03. The van der Waals surface area contributed by atoms with Crippen molar-refractivity contribution >= 4 is 0 Å². The maximum absolute atomic E-state index is 4.30. The van der Waals surface area contributed by atoms with Crippen LogP contribution in [0, 0.1) is 0 Å². The minimum atomic E-state index is 0.546. The first kappa shape index (κ1) is 8.98. The van der Waals surface area contributed by atoms with E-state index in [0.717, 1.165) is 12.8 Å². The Hall–Kier alpha value is -1.11. The molecule has 1 rings (SSSR count). The molecule has 0 bridgehead atoms. The third-order valence-electron chi connectivity index (χ3n) is 2.00. The van der Waals surface area contributed by atoms with Gasteiger partial charge in [-0.3, -0.25) is 4.98 Å². The van der Waals surface area contributed by atoms with Crippen molar-refractivity contribution < 1.29 is 0 Å². The van der Waals surface area contributed by atoms with Gasteiger partial charge in [0, 0.05) is 11.9 Å². The fraction of sp³-hybridized carbons (Fsp3) is 0.364. The summed E-state index contributed by atoms with van der Waals surface area (Å²) >= 11 is 0. The lowest BCUT2D eigenvalue weighted by Gasteiger charge is -2.07. The Morgan fingerprint density at radius 2 is 2.42 bits per heavy atom. The first-order valence-corrected chi connectivity index (χ1v) is 4.36. The zero-order valence-corrected chi connectivity index (χ0v) is 7.53. The van der Waals surface area contributed by atoms with E-state index in [1.165, 1.54) is 5.69 Å². The summed E-state index contributed by atoms with van der Waals surface area (Å²) < 4.78 is 0. The molecule has 1 aromatic rings. The Labute approximate surface area is 74.2 Å². The molecule has 0 saturated carbocycles. The number of nitrogens with zero attached hydrogens (tertiary/aromatic N) is 1. The second-order valence-corrected chi connectivity index (χ2v) is 3.02. The van der Waals surface area contributed by atoms with Crippen LogP contribution in [0.25, 0.3) is 0 Å². The summed E-state index contributed by atoms with van der Waals surface area (Å²) in [6.07, 6.45) is 6.01. The molecule has 0 aliphatic carbocycles. The first-order chi connectivity index (χ1) is 5.84. The molecule has 1 nitrogen and oxygen atoms in total. The Bertz CT molecular complexity index is 228. The van der Waals surface area contributed by atoms with Crippen LogP contribution in [0.1, 0.15) is 31.4 Å². The van der Waals surface area contributed by atoms with Gasteiger partial charge in [-0.1, -0.05) is 19.1 Å². The molecule has 1 heteroatoms. The Morgan fingerprint density at radius 1 is 1.58 bits per heavy atom. The average molecular weight is 161 g/mol. The van der Waals surface area contributed by atoms with Crippen LogP contribution >= 0.6 is 0 Å². The molecule has 0 aromatic carbocycles. The van der Waals surface area contributed by atoms with Crippen LogP contribution in [0.2, 0.25) is 0 Å². The van der Waals surface area contributed by atoms with E-state index in [1.807, 2.05) is 24.4 Å². The van der Waals surface area contributed by atoms with Gasteiger partial charge in [-0.25, -0.2) is 0 Å². The van der Waals surface area contributed by atoms with Gasteiger partial charge in [0.05, 0.1) is 0 Å². The summed E-state index contributed by atoms with van der Waals surface area (Å²) in [5.41, 5.74) is 1.18. The second-order valence-electron chi connectivity index (χ2n) is 3.02. The summed E-state index contributed by atoms with van der Waals surface area (Å²) in [5.74, 6) is 0.546. The van der Waals surface area contributed by atoms with Crippen LogP contribution in [-0.2, 0) is 0 Å². The summed E-state index contributed by atoms with van der Waals surface area (Å²) in [7, 11) is 0. The lowest BCUT2D eigenvalue weighted by molar-refractivity contribution is 0.671. The van der Waals surface area contributed by atoms with Crippen LogP contribution in [0.3, 0.4) is 0 Å². The van der Waals surface area contributed by atoms with Gasteiger partial charge >= 0.3 is 0 Å². The molecule has 0 spiro atoms. The van der Waals surface area contributed by atoms with Crippen LogP contribution < -0.4 is 0 Å². The van der Waals surface area contributed by atoms with Gasteiger partial charge in [-0.15, -0.1) is 6.58 Å². The monoisotopic (exact) mass is 161 g/mol. The number of aromatic nitrogens is 1. The van der Waals surface area contributed by atoms with E-state index >= 15 is 0 Å². The quantitative estimate of drug-likeness (QED) is 0.618. The molecule has 1 atom stereocenters. The van der Waals surface area contributed by atoms with Crippen molar-refractivity contribution in [2.75, 3.05) is 0 Å². The second kappa shape index (κ2) is 4.70. The van der Waals surface area contributed by atoms with Crippen molar-refractivity contribution in [3.8, 4) is 0 Å². The molecule has 64 valence electrons. The minimum Gasteiger partial charge on any atom is -0.261 e. The van der Waals surface area contributed by atoms with Crippen LogP contribution in [0.15, 0.2) is 37.1 Å². The number of allylic oxidation sites excluding steroid dienone is 1. The molecule has 1 aromatic heterocycles. The molecule has 1 heterocycles. The zero-order valence-electron chi connectivity index (χ0n) is 7.53. The van der Waals surface area contributed by atoms with E-state index in [1.54, 1.807) is 0 Å². The molecule has 0 fully saturated rings. The normalized spacial score (nSPS) is 12.4. The van der Waals surface area contributed by atoms with Gasteiger partial charge in [0.25, 0.3) is 0 Å². The average Bonchev–Trinajstić information content (AvgIpc) is 2.15. The molecular formula is C11H15N. The van der Waals surface area contributed by atoms with E-state index in [0.29, 0.717) is 5.92 Å². The minimum absolute atomic E-state index is 0.546. The van der Waals surface area contributed by atoms with E-state index < -0.39 is 0 Å². The maximum Gasteiger partial charge on any atom is 0.0431 e. The lowest BCUT2D eigenvalue weighted by Crippen LogP contribution is -1.95. The third kappa shape index (κ3) is 2.50. The Morgan fingerprint density at radius 3 is 3.00 bits per heavy atom. The van der Waals surface area contributed by atoms with E-state index in [2.05, 4.69) is 24.6 Å². The van der Waals surface area contributed by atoms with Crippen molar-refractivity contribution in [1.82, 2.24) is 4.98 Å². The molecule has 0 saturated heterocycles. The third-order valence-corrected chi connectivity index (χ3v) is 2.00. The van der Waals surface area contributed by atoms with Crippen LogP contribution in [-0.4, -0.2) is 4.98 Å². The van der Waals surface area contributed by atoms with Crippen molar-refractivity contribution in [2.24, 2.45) is 0 Å². The fourth-order valence-electron chi connectivity index (χ4n) is 1.18. The zero-order chi connectivity index (χ0) is 8.81. The highest BCUT2D eigenvalue weighted by molar-refractivity contribution is 5.08. The molecule has 1 unspecified atom stereocenters. The van der Waals surface area contributed by atoms with Crippen molar-refractivity contribution in [3.05, 3.63) is 42.7 Å². The van der Waals surface area contributed by atoms with Gasteiger partial charge < -0.3 is 0 Å². The SMILES string of the molecule is C=CCCC(C)c1ccccn1. The van der Waals surface area contributed by atoms with Gasteiger partial charge in [0.15, 0.2) is 0 Å². The van der Waals surface area contributed by atoms with Gasteiger partial charge in [0.1, 0.15) is 0 Å². The highest BCUT2D eigenvalue weighted by atomic mass is 14.7. The maximum atomic E-state index is 4.30. The molecule has 0 N–H and O–H groups in total. The highest BCUT2D eigenvalue weighted by Crippen LogP contribution is 2.17. The molecule has 0 amide bonds. The molecule has 0 aliphatic rings. The van der Waals surface area contributed by atoms with Crippen LogP contribution in [0.5, 0.6) is 0 Å². The summed E-state index contributed by atoms with van der Waals surface area (Å²) in [4.78, 5) is 4.30. The largest absolute Gasteiger partial charge is 0.261 e.